The minimum Gasteiger partial charge on any atom is -0.326 e. The van der Waals surface area contributed by atoms with E-state index in [0.29, 0.717) is 5.56 Å². The maximum atomic E-state index is 14.9. The van der Waals surface area contributed by atoms with Crippen LogP contribution in [0.5, 0.6) is 0 Å². The molecule has 1 aliphatic rings. The van der Waals surface area contributed by atoms with Gasteiger partial charge >= 0.3 is 0 Å². The van der Waals surface area contributed by atoms with Crippen LogP contribution in [0.3, 0.4) is 0 Å². The van der Waals surface area contributed by atoms with Crippen molar-refractivity contribution in [2.75, 3.05) is 12.0 Å². The summed E-state index contributed by atoms with van der Waals surface area (Å²) in [7, 11) is 0. The van der Waals surface area contributed by atoms with Gasteiger partial charge in [0.1, 0.15) is 16.8 Å². The molecule has 6 nitrogen and oxygen atoms in total. The zero-order valence-corrected chi connectivity index (χ0v) is 23.9. The Hall–Kier alpha value is -2.79. The number of nitrogens with one attached hydrogen (secondary N) is 3. The van der Waals surface area contributed by atoms with Crippen LogP contribution in [-0.4, -0.2) is 28.7 Å². The predicted molar refractivity (Wildman–Crippen MR) is 149 cm³/mol. The van der Waals surface area contributed by atoms with E-state index in [9.17, 15) is 27.6 Å². The number of hydrogen-bond acceptors (Lipinski definition) is 3. The van der Waals surface area contributed by atoms with Crippen molar-refractivity contribution in [2.45, 2.75) is 17.2 Å². The number of alkyl halides is 3. The van der Waals surface area contributed by atoms with Gasteiger partial charge in [-0.1, -0.05) is 30.3 Å². The largest absolute Gasteiger partial charge is 0.326 e. The molecule has 1 aliphatic carbocycles. The third-order valence-electron chi connectivity index (χ3n) is 5.61. The van der Waals surface area contributed by atoms with Crippen molar-refractivity contribution in [1.82, 2.24) is 10.6 Å². The maximum Gasteiger partial charge on any atom is 0.257 e. The maximum absolute atomic E-state index is 14.9. The van der Waals surface area contributed by atoms with E-state index in [0.717, 1.165) is 19.1 Å². The Morgan fingerprint density at radius 2 is 1.85 bits per heavy atom. The molecule has 0 radical (unpaired) electrons. The first-order valence-corrected chi connectivity index (χ1v) is 13.0. The van der Waals surface area contributed by atoms with Crippen LogP contribution >= 0.6 is 50.7 Å². The van der Waals surface area contributed by atoms with Gasteiger partial charge < -0.3 is 16.0 Å². The molecule has 3 amide bonds. The van der Waals surface area contributed by atoms with E-state index >= 15 is 0 Å². The minimum absolute atomic E-state index is 0.0371. The highest BCUT2D eigenvalue weighted by Gasteiger charge is 2.67. The Kier molecular flexibility index (Phi) is 9.93. The van der Waals surface area contributed by atoms with E-state index < -0.39 is 63.6 Å². The van der Waals surface area contributed by atoms with Gasteiger partial charge in [-0.05, 0) is 57.9 Å². The van der Waals surface area contributed by atoms with Crippen molar-refractivity contribution in [3.63, 3.8) is 0 Å². The number of hydrogen-bond donors (Lipinski definition) is 3. The second-order valence-corrected chi connectivity index (χ2v) is 11.1. The van der Waals surface area contributed by atoms with Crippen LogP contribution < -0.4 is 16.0 Å². The van der Waals surface area contributed by atoms with Crippen molar-refractivity contribution in [3.8, 4) is 0 Å². The number of amides is 3. The Bertz CT molecular complexity index is 1420. The molecule has 1 fully saturated rings. The highest BCUT2D eigenvalue weighted by atomic mass is 79.9. The number of allylic oxidation sites excluding steroid dienone is 4. The van der Waals surface area contributed by atoms with Crippen LogP contribution in [0.4, 0.5) is 18.9 Å². The summed E-state index contributed by atoms with van der Waals surface area (Å²) in [6.45, 7) is 3.15. The molecule has 0 saturated heterocycles. The lowest BCUT2D eigenvalue weighted by Crippen LogP contribution is -2.27. The molecule has 2 aromatic rings. The van der Waals surface area contributed by atoms with Gasteiger partial charge in [-0.15, -0.1) is 23.2 Å². The van der Waals surface area contributed by atoms with Gasteiger partial charge in [0.25, 0.3) is 5.91 Å². The summed E-state index contributed by atoms with van der Waals surface area (Å²) in [6, 6.07) is 8.18. The molecule has 1 saturated carbocycles. The molecule has 0 unspecified atom stereocenters. The Morgan fingerprint density at radius 3 is 2.44 bits per heavy atom. The zero-order chi connectivity index (χ0) is 29.1. The molecule has 13 heteroatoms. The third-order valence-corrected chi connectivity index (χ3v) is 7.49. The van der Waals surface area contributed by atoms with Crippen molar-refractivity contribution >= 4 is 74.1 Å². The second kappa shape index (κ2) is 12.6. The summed E-state index contributed by atoms with van der Waals surface area (Å²) in [6.07, 6.45) is 2.21. The average molecular weight is 666 g/mol. The lowest BCUT2D eigenvalue weighted by Gasteiger charge is -2.13. The van der Waals surface area contributed by atoms with Gasteiger partial charge in [0.15, 0.2) is 5.83 Å². The normalized spacial score (nSPS) is 18.5. The van der Waals surface area contributed by atoms with E-state index in [1.54, 1.807) is 0 Å². The van der Waals surface area contributed by atoms with Gasteiger partial charge in [0.05, 0.1) is 32.4 Å². The minimum atomic E-state index is -1.45. The summed E-state index contributed by atoms with van der Waals surface area (Å²) >= 11 is 22.0. The highest BCUT2D eigenvalue weighted by Crippen LogP contribution is 2.65. The monoisotopic (exact) mass is 663 g/mol. The number of carbonyl (C=O) groups is 3. The molecule has 0 aliphatic heterocycles. The van der Waals surface area contributed by atoms with E-state index in [1.807, 2.05) is 5.32 Å². The molecule has 0 heterocycles. The molecule has 0 aromatic heterocycles. The summed E-state index contributed by atoms with van der Waals surface area (Å²) < 4.78 is 40.5. The van der Waals surface area contributed by atoms with E-state index in [1.165, 1.54) is 36.4 Å². The smallest absolute Gasteiger partial charge is 0.257 e. The molecule has 3 N–H and O–H groups in total. The topological polar surface area (TPSA) is 87.3 Å². The average Bonchev–Trinajstić information content (AvgIpc) is 3.46. The van der Waals surface area contributed by atoms with Crippen molar-refractivity contribution in [2.24, 2.45) is 5.92 Å². The summed E-state index contributed by atoms with van der Waals surface area (Å²) in [5, 5.41) is 6.85. The SMILES string of the molecule is C=C/C=C(NC(=O)c1cc(NC(=O)[C@H]2[C@H](c3ccc(F)c(Br)c3)C2(Cl)Cl)ccc1Cl)\C(F)=C(/CF)NC(C)=O. The number of benzene rings is 2. The first kappa shape index (κ1) is 30.7. The second-order valence-electron chi connectivity index (χ2n) is 8.36. The Morgan fingerprint density at radius 1 is 1.15 bits per heavy atom. The highest BCUT2D eigenvalue weighted by molar-refractivity contribution is 9.10. The Labute approximate surface area is 245 Å². The van der Waals surface area contributed by atoms with Crippen LogP contribution in [0, 0.1) is 11.7 Å². The molecule has 3 rings (SSSR count). The quantitative estimate of drug-likeness (QED) is 0.202. The van der Waals surface area contributed by atoms with E-state index in [2.05, 4.69) is 33.1 Å². The first-order valence-electron chi connectivity index (χ1n) is 11.1. The molecule has 39 heavy (non-hydrogen) atoms. The molecule has 206 valence electrons. The van der Waals surface area contributed by atoms with Gasteiger partial charge in [0.2, 0.25) is 11.8 Å². The van der Waals surface area contributed by atoms with Crippen LogP contribution in [-0.2, 0) is 9.59 Å². The number of anilines is 1. The fourth-order valence-electron chi connectivity index (χ4n) is 3.77. The standard InChI is InChI=1S/C26H20BrCl3F3N3O3/c1-3-4-19(23(33)20(11-31)34-12(2)37)36-24(38)15-10-14(6-7-17(15)28)35-25(39)22-21(26(22,29)30)13-5-8-18(32)16(27)9-13/h3-10,21-22H,1,11H2,2H3,(H,34,37)(H,35,39)(H,36,38)/b19-4+,23-20-/t21-,22+/m0/s1. The fourth-order valence-corrected chi connectivity index (χ4v) is 5.20. The molecule has 2 atom stereocenters. The number of rotatable bonds is 9. The summed E-state index contributed by atoms with van der Waals surface area (Å²) in [4.78, 5) is 37.2. The number of carbonyl (C=O) groups excluding carboxylic acids is 3. The van der Waals surface area contributed by atoms with Crippen molar-refractivity contribution < 1.29 is 27.6 Å². The third kappa shape index (κ3) is 7.05. The van der Waals surface area contributed by atoms with E-state index in [-0.39, 0.29) is 20.7 Å². The van der Waals surface area contributed by atoms with Gasteiger partial charge in [-0.3, -0.25) is 14.4 Å². The molecule has 0 bridgehead atoms. The van der Waals surface area contributed by atoms with Crippen molar-refractivity contribution in [3.05, 3.63) is 98.8 Å². The van der Waals surface area contributed by atoms with Gasteiger partial charge in [-0.25, -0.2) is 13.2 Å². The fraction of sp³-hybridized carbons (Fsp3) is 0.192. The van der Waals surface area contributed by atoms with Gasteiger partial charge in [0, 0.05) is 18.5 Å². The van der Waals surface area contributed by atoms with Crippen LogP contribution in [0.2, 0.25) is 5.02 Å². The van der Waals surface area contributed by atoms with Crippen LogP contribution in [0.1, 0.15) is 28.8 Å². The predicted octanol–water partition coefficient (Wildman–Crippen LogP) is 6.85. The van der Waals surface area contributed by atoms with Crippen molar-refractivity contribution in [1.29, 1.82) is 0 Å². The lowest BCUT2D eigenvalue weighted by atomic mass is 10.1. The van der Waals surface area contributed by atoms with Crippen LogP contribution in [0.15, 0.2) is 76.8 Å². The summed E-state index contributed by atoms with van der Waals surface area (Å²) in [5.74, 6) is -5.40. The lowest BCUT2D eigenvalue weighted by molar-refractivity contribution is -0.118. The molecular weight excluding hydrogens is 646 g/mol. The molecule has 2 aromatic carbocycles. The van der Waals surface area contributed by atoms with Gasteiger partial charge in [-0.2, -0.15) is 0 Å². The van der Waals surface area contributed by atoms with Crippen LogP contribution in [0.25, 0.3) is 0 Å². The zero-order valence-electron chi connectivity index (χ0n) is 20.1. The molecule has 0 spiro atoms. The Balaban J connectivity index is 1.81. The summed E-state index contributed by atoms with van der Waals surface area (Å²) in [5.41, 5.74) is -0.634. The number of halogens is 7. The first-order chi connectivity index (χ1) is 18.3. The van der Waals surface area contributed by atoms with E-state index in [4.69, 9.17) is 34.8 Å². The molecular formula is C26H20BrCl3F3N3O3.